The molecule has 1 nitrogen and oxygen atoms in total. The van der Waals surface area contributed by atoms with Crippen LogP contribution in [0.15, 0.2) is 42.7 Å². The number of hydrogen-bond donors (Lipinski definition) is 0. The Bertz CT molecular complexity index is 290. The second kappa shape index (κ2) is 3.06. The van der Waals surface area contributed by atoms with E-state index in [9.17, 15) is 4.57 Å². The summed E-state index contributed by atoms with van der Waals surface area (Å²) in [5, 5.41) is 0.870. The lowest BCUT2D eigenvalue weighted by Crippen LogP contribution is -1.99. The molecular weight excluding hydrogens is 155 g/mol. The molecule has 0 amide bonds. The highest BCUT2D eigenvalue weighted by atomic mass is 31.2. The SMILES string of the molecule is C=C[P@@](C)(=O)c1ccccc1. The Morgan fingerprint density at radius 3 is 2.36 bits per heavy atom. The average molecular weight is 166 g/mol. The van der Waals surface area contributed by atoms with E-state index in [1.54, 1.807) is 6.66 Å². The topological polar surface area (TPSA) is 17.1 Å². The van der Waals surface area contributed by atoms with E-state index in [2.05, 4.69) is 6.58 Å². The van der Waals surface area contributed by atoms with Gasteiger partial charge in [0.05, 0.1) is 0 Å². The Morgan fingerprint density at radius 1 is 1.36 bits per heavy atom. The number of benzene rings is 1. The van der Waals surface area contributed by atoms with Gasteiger partial charge in [-0.15, -0.1) is 0 Å². The highest BCUT2D eigenvalue weighted by molar-refractivity contribution is 7.73. The van der Waals surface area contributed by atoms with Crippen LogP contribution < -0.4 is 5.30 Å². The highest BCUT2D eigenvalue weighted by Gasteiger charge is 2.11. The van der Waals surface area contributed by atoms with Gasteiger partial charge in [0.2, 0.25) is 0 Å². The lowest BCUT2D eigenvalue weighted by Gasteiger charge is -2.05. The van der Waals surface area contributed by atoms with Gasteiger partial charge in [-0.05, 0) is 12.5 Å². The molecule has 1 aromatic rings. The van der Waals surface area contributed by atoms with E-state index < -0.39 is 7.14 Å². The molecule has 0 spiro atoms. The summed E-state index contributed by atoms with van der Waals surface area (Å²) in [5.41, 5.74) is 0. The fourth-order valence-corrected chi connectivity index (χ4v) is 1.80. The van der Waals surface area contributed by atoms with Crippen molar-refractivity contribution in [2.75, 3.05) is 6.66 Å². The van der Waals surface area contributed by atoms with Crippen molar-refractivity contribution in [2.24, 2.45) is 0 Å². The average Bonchev–Trinajstić information content (AvgIpc) is 2.06. The Labute approximate surface area is 67.1 Å². The van der Waals surface area contributed by atoms with E-state index in [1.807, 2.05) is 30.3 Å². The molecule has 0 aromatic heterocycles. The molecule has 0 aliphatic carbocycles. The highest BCUT2D eigenvalue weighted by Crippen LogP contribution is 2.40. The Kier molecular flexibility index (Phi) is 2.31. The van der Waals surface area contributed by atoms with Gasteiger partial charge in [-0.3, -0.25) is 0 Å². The Morgan fingerprint density at radius 2 is 1.91 bits per heavy atom. The molecule has 0 saturated heterocycles. The second-order valence-electron chi connectivity index (χ2n) is 2.51. The van der Waals surface area contributed by atoms with Crippen LogP contribution in [0, 0.1) is 0 Å². The van der Waals surface area contributed by atoms with Gasteiger partial charge < -0.3 is 4.57 Å². The normalized spacial score (nSPS) is 15.4. The minimum atomic E-state index is -2.26. The third-order valence-corrected chi connectivity index (χ3v) is 3.64. The van der Waals surface area contributed by atoms with Gasteiger partial charge in [-0.2, -0.15) is 0 Å². The first-order valence-corrected chi connectivity index (χ1v) is 5.65. The van der Waals surface area contributed by atoms with Crippen LogP contribution in [0.25, 0.3) is 0 Å². The molecule has 0 heterocycles. The summed E-state index contributed by atoms with van der Waals surface area (Å²) in [6, 6.07) is 9.40. The minimum absolute atomic E-state index is 0.870. The van der Waals surface area contributed by atoms with E-state index in [-0.39, 0.29) is 0 Å². The standard InChI is InChI=1S/C9H11OP/c1-3-11(2,10)9-7-5-4-6-8-9/h3-8H,1H2,2H3/t11-/m1/s1. The summed E-state index contributed by atoms with van der Waals surface area (Å²) in [7, 11) is -2.26. The molecule has 0 aliphatic heterocycles. The third-order valence-electron chi connectivity index (χ3n) is 1.62. The maximum atomic E-state index is 11.7. The zero-order valence-electron chi connectivity index (χ0n) is 6.53. The van der Waals surface area contributed by atoms with Gasteiger partial charge in [0, 0.05) is 5.30 Å². The first-order chi connectivity index (χ1) is 5.17. The fraction of sp³-hybridized carbons (Fsp3) is 0.111. The van der Waals surface area contributed by atoms with E-state index >= 15 is 0 Å². The maximum absolute atomic E-state index is 11.7. The van der Waals surface area contributed by atoms with Gasteiger partial charge in [0.15, 0.2) is 0 Å². The maximum Gasteiger partial charge on any atom is 0.132 e. The molecule has 0 bridgehead atoms. The van der Waals surface area contributed by atoms with Crippen LogP contribution in [0.3, 0.4) is 0 Å². The summed E-state index contributed by atoms with van der Waals surface area (Å²) >= 11 is 0. The van der Waals surface area contributed by atoms with Crippen LogP contribution in [-0.4, -0.2) is 6.66 Å². The Hall–Kier alpha value is -0.810. The summed E-state index contributed by atoms with van der Waals surface area (Å²) in [4.78, 5) is 0. The first kappa shape index (κ1) is 8.29. The first-order valence-electron chi connectivity index (χ1n) is 3.43. The molecule has 1 atom stereocenters. The second-order valence-corrected chi connectivity index (χ2v) is 5.37. The third kappa shape index (κ3) is 1.81. The molecule has 58 valence electrons. The van der Waals surface area contributed by atoms with Crippen LogP contribution in [0.5, 0.6) is 0 Å². The van der Waals surface area contributed by atoms with E-state index in [1.165, 1.54) is 5.82 Å². The molecule has 0 fully saturated rings. The van der Waals surface area contributed by atoms with E-state index in [0.717, 1.165) is 5.30 Å². The van der Waals surface area contributed by atoms with Crippen molar-refractivity contribution in [3.05, 3.63) is 42.7 Å². The smallest absolute Gasteiger partial charge is 0.132 e. The molecule has 0 unspecified atom stereocenters. The quantitative estimate of drug-likeness (QED) is 0.617. The van der Waals surface area contributed by atoms with Gasteiger partial charge in [0.25, 0.3) is 0 Å². The summed E-state index contributed by atoms with van der Waals surface area (Å²) in [6.45, 7) is 5.26. The van der Waals surface area contributed by atoms with Crippen LogP contribution in [0.1, 0.15) is 0 Å². The summed E-state index contributed by atoms with van der Waals surface area (Å²) in [5.74, 6) is 1.53. The molecule has 0 N–H and O–H groups in total. The van der Waals surface area contributed by atoms with Crippen molar-refractivity contribution in [3.8, 4) is 0 Å². The van der Waals surface area contributed by atoms with Crippen LogP contribution in [0.4, 0.5) is 0 Å². The predicted octanol–water partition coefficient (Wildman–Crippen LogP) is 2.45. The van der Waals surface area contributed by atoms with Crippen molar-refractivity contribution >= 4 is 12.4 Å². The van der Waals surface area contributed by atoms with Crippen molar-refractivity contribution in [3.63, 3.8) is 0 Å². The van der Waals surface area contributed by atoms with Crippen LogP contribution in [0.2, 0.25) is 0 Å². The zero-order chi connectivity index (χ0) is 8.32. The summed E-state index contributed by atoms with van der Waals surface area (Å²) < 4.78 is 11.7. The van der Waals surface area contributed by atoms with Gasteiger partial charge in [-0.1, -0.05) is 36.9 Å². The van der Waals surface area contributed by atoms with Crippen LogP contribution >= 0.6 is 7.14 Å². The molecule has 0 aliphatic rings. The summed E-state index contributed by atoms with van der Waals surface area (Å²) in [6.07, 6.45) is 0. The molecule has 0 radical (unpaired) electrons. The molecule has 11 heavy (non-hydrogen) atoms. The van der Waals surface area contributed by atoms with E-state index in [4.69, 9.17) is 0 Å². The Balaban J connectivity index is 3.13. The molecule has 1 aromatic carbocycles. The molecule has 1 rings (SSSR count). The van der Waals surface area contributed by atoms with Gasteiger partial charge in [-0.25, -0.2) is 0 Å². The van der Waals surface area contributed by atoms with Crippen molar-refractivity contribution in [2.45, 2.75) is 0 Å². The lowest BCUT2D eigenvalue weighted by molar-refractivity contribution is 0.590. The van der Waals surface area contributed by atoms with Crippen molar-refractivity contribution in [1.82, 2.24) is 0 Å². The molecule has 0 saturated carbocycles. The largest absolute Gasteiger partial charge is 0.315 e. The predicted molar refractivity (Wildman–Crippen MR) is 49.8 cm³/mol. The van der Waals surface area contributed by atoms with Crippen molar-refractivity contribution < 1.29 is 4.57 Å². The lowest BCUT2D eigenvalue weighted by atomic mass is 10.4. The van der Waals surface area contributed by atoms with E-state index in [0.29, 0.717) is 0 Å². The van der Waals surface area contributed by atoms with Gasteiger partial charge >= 0.3 is 0 Å². The number of rotatable bonds is 2. The fourth-order valence-electron chi connectivity index (χ4n) is 0.829. The van der Waals surface area contributed by atoms with Crippen LogP contribution in [-0.2, 0) is 4.57 Å². The monoisotopic (exact) mass is 166 g/mol. The minimum Gasteiger partial charge on any atom is -0.315 e. The zero-order valence-corrected chi connectivity index (χ0v) is 7.42. The molecule has 2 heteroatoms. The number of hydrogen-bond acceptors (Lipinski definition) is 1. The van der Waals surface area contributed by atoms with Crippen molar-refractivity contribution in [1.29, 1.82) is 0 Å². The van der Waals surface area contributed by atoms with Gasteiger partial charge in [0.1, 0.15) is 7.14 Å². The molecular formula is C9H11OP.